The van der Waals surface area contributed by atoms with Crippen molar-refractivity contribution in [2.24, 2.45) is 5.92 Å². The highest BCUT2D eigenvalue weighted by Gasteiger charge is 2.32. The summed E-state index contributed by atoms with van der Waals surface area (Å²) in [6.45, 7) is 0.990. The van der Waals surface area contributed by atoms with Crippen molar-refractivity contribution < 1.29 is 19.2 Å². The molecular weight excluding hydrogens is 414 g/mol. The standard InChI is InChI=1S/C23H25N3O4S/c27-19(13-31-14-20(28)25-12-15-4-1-5-15)24-10-11-26-22(29)17-8-2-6-16-7-3-9-18(21(16)17)23(26)30/h2-3,6-9,15H,1,4-5,10-14H2,(H,24,27)(H,25,28). The van der Waals surface area contributed by atoms with E-state index in [1.165, 1.54) is 35.9 Å². The number of nitrogens with one attached hydrogen (secondary N) is 2. The summed E-state index contributed by atoms with van der Waals surface area (Å²) in [4.78, 5) is 50.7. The van der Waals surface area contributed by atoms with E-state index >= 15 is 0 Å². The van der Waals surface area contributed by atoms with Crippen LogP contribution in [0.5, 0.6) is 0 Å². The Kier molecular flexibility index (Phi) is 6.56. The minimum Gasteiger partial charge on any atom is -0.355 e. The zero-order valence-corrected chi connectivity index (χ0v) is 18.0. The number of thioether (sulfide) groups is 1. The molecule has 31 heavy (non-hydrogen) atoms. The summed E-state index contributed by atoms with van der Waals surface area (Å²) in [6.07, 6.45) is 3.60. The van der Waals surface area contributed by atoms with Crippen LogP contribution in [0.3, 0.4) is 0 Å². The van der Waals surface area contributed by atoms with E-state index in [1.54, 1.807) is 24.3 Å². The lowest BCUT2D eigenvalue weighted by Gasteiger charge is -2.27. The van der Waals surface area contributed by atoms with Crippen molar-refractivity contribution in [1.29, 1.82) is 0 Å². The number of nitrogens with zero attached hydrogens (tertiary/aromatic N) is 1. The molecule has 2 aromatic rings. The molecule has 0 atom stereocenters. The Morgan fingerprint density at radius 1 is 0.935 bits per heavy atom. The average Bonchev–Trinajstić information content (AvgIpc) is 2.73. The van der Waals surface area contributed by atoms with Gasteiger partial charge in [-0.3, -0.25) is 24.1 Å². The third-order valence-corrected chi connectivity index (χ3v) is 6.72. The Morgan fingerprint density at radius 3 is 2.13 bits per heavy atom. The first-order valence-electron chi connectivity index (χ1n) is 10.5. The van der Waals surface area contributed by atoms with Crippen LogP contribution in [0.2, 0.25) is 0 Å². The van der Waals surface area contributed by atoms with Crippen molar-refractivity contribution >= 4 is 46.2 Å². The van der Waals surface area contributed by atoms with Crippen molar-refractivity contribution in [3.8, 4) is 0 Å². The van der Waals surface area contributed by atoms with Gasteiger partial charge < -0.3 is 10.6 Å². The molecule has 1 aliphatic heterocycles. The molecule has 1 fully saturated rings. The number of benzene rings is 2. The Bertz CT molecular complexity index is 984. The Morgan fingerprint density at radius 2 is 1.55 bits per heavy atom. The summed E-state index contributed by atoms with van der Waals surface area (Å²) in [6, 6.07) is 10.8. The van der Waals surface area contributed by atoms with Crippen LogP contribution >= 0.6 is 11.8 Å². The van der Waals surface area contributed by atoms with Crippen molar-refractivity contribution in [2.75, 3.05) is 31.1 Å². The monoisotopic (exact) mass is 439 g/mol. The van der Waals surface area contributed by atoms with Gasteiger partial charge in [-0.1, -0.05) is 30.7 Å². The third kappa shape index (κ3) is 4.74. The van der Waals surface area contributed by atoms with Gasteiger partial charge in [-0.15, -0.1) is 11.8 Å². The molecule has 0 bridgehead atoms. The molecule has 0 radical (unpaired) electrons. The molecule has 1 saturated carbocycles. The van der Waals surface area contributed by atoms with Crippen molar-refractivity contribution in [2.45, 2.75) is 19.3 Å². The van der Waals surface area contributed by atoms with Crippen LogP contribution in [-0.4, -0.2) is 59.7 Å². The molecule has 2 aromatic carbocycles. The molecular formula is C23H25N3O4S. The number of carbonyl (C=O) groups excluding carboxylic acids is 4. The second-order valence-electron chi connectivity index (χ2n) is 7.91. The minimum atomic E-state index is -0.346. The van der Waals surface area contributed by atoms with E-state index in [2.05, 4.69) is 10.6 Å². The molecule has 0 saturated heterocycles. The SMILES string of the molecule is O=C(CSCC(=O)NCC1CCC1)NCCN1C(=O)c2cccc3cccc(c23)C1=O. The van der Waals surface area contributed by atoms with Gasteiger partial charge in [-0.2, -0.15) is 0 Å². The van der Waals surface area contributed by atoms with Crippen LogP contribution in [0, 0.1) is 5.92 Å². The minimum absolute atomic E-state index is 0.0537. The van der Waals surface area contributed by atoms with Crippen molar-refractivity contribution in [3.63, 3.8) is 0 Å². The lowest BCUT2D eigenvalue weighted by Crippen LogP contribution is -2.44. The molecule has 8 heteroatoms. The first-order valence-corrected chi connectivity index (χ1v) is 11.7. The maximum atomic E-state index is 12.8. The van der Waals surface area contributed by atoms with Gasteiger partial charge in [0.15, 0.2) is 0 Å². The van der Waals surface area contributed by atoms with E-state index < -0.39 is 0 Å². The van der Waals surface area contributed by atoms with E-state index in [-0.39, 0.29) is 48.2 Å². The zero-order valence-electron chi connectivity index (χ0n) is 17.2. The average molecular weight is 440 g/mol. The molecule has 162 valence electrons. The lowest BCUT2D eigenvalue weighted by atomic mass is 9.85. The van der Waals surface area contributed by atoms with Crippen LogP contribution in [0.15, 0.2) is 36.4 Å². The molecule has 7 nitrogen and oxygen atoms in total. The first kappa shape index (κ1) is 21.4. The van der Waals surface area contributed by atoms with E-state index in [4.69, 9.17) is 0 Å². The number of carbonyl (C=O) groups is 4. The fourth-order valence-electron chi connectivity index (χ4n) is 3.88. The van der Waals surface area contributed by atoms with Gasteiger partial charge in [0.05, 0.1) is 11.5 Å². The van der Waals surface area contributed by atoms with Gasteiger partial charge in [-0.05, 0) is 36.3 Å². The lowest BCUT2D eigenvalue weighted by molar-refractivity contribution is -0.119. The maximum absolute atomic E-state index is 12.8. The largest absolute Gasteiger partial charge is 0.355 e. The zero-order chi connectivity index (χ0) is 21.8. The number of hydrogen-bond acceptors (Lipinski definition) is 5. The summed E-state index contributed by atoms with van der Waals surface area (Å²) >= 11 is 1.25. The Balaban J connectivity index is 1.22. The highest BCUT2D eigenvalue weighted by molar-refractivity contribution is 8.00. The van der Waals surface area contributed by atoms with Gasteiger partial charge in [0.25, 0.3) is 11.8 Å². The van der Waals surface area contributed by atoms with E-state index in [0.29, 0.717) is 22.4 Å². The highest BCUT2D eigenvalue weighted by atomic mass is 32.2. The fraction of sp³-hybridized carbons (Fsp3) is 0.391. The number of rotatable bonds is 9. The Labute approximate surface area is 184 Å². The van der Waals surface area contributed by atoms with Gasteiger partial charge in [0, 0.05) is 36.1 Å². The summed E-state index contributed by atoms with van der Waals surface area (Å²) in [5.74, 6) is 0.0297. The van der Waals surface area contributed by atoms with E-state index in [1.807, 2.05) is 12.1 Å². The number of imide groups is 1. The van der Waals surface area contributed by atoms with Crippen molar-refractivity contribution in [1.82, 2.24) is 15.5 Å². The quantitative estimate of drug-likeness (QED) is 0.584. The van der Waals surface area contributed by atoms with Crippen LogP contribution in [-0.2, 0) is 9.59 Å². The van der Waals surface area contributed by atoms with Gasteiger partial charge >= 0.3 is 0 Å². The predicted molar refractivity (Wildman–Crippen MR) is 120 cm³/mol. The fourth-order valence-corrected chi connectivity index (χ4v) is 4.56. The highest BCUT2D eigenvalue weighted by Crippen LogP contribution is 2.29. The molecule has 0 unspecified atom stereocenters. The molecule has 0 spiro atoms. The van der Waals surface area contributed by atoms with Gasteiger partial charge in [-0.25, -0.2) is 0 Å². The van der Waals surface area contributed by atoms with Crippen LogP contribution in [0.4, 0.5) is 0 Å². The first-order chi connectivity index (χ1) is 15.0. The van der Waals surface area contributed by atoms with E-state index in [0.717, 1.165) is 11.9 Å². The normalized spacial score (nSPS) is 15.7. The van der Waals surface area contributed by atoms with Gasteiger partial charge in [0.1, 0.15) is 0 Å². The van der Waals surface area contributed by atoms with Crippen LogP contribution in [0.1, 0.15) is 40.0 Å². The summed E-state index contributed by atoms with van der Waals surface area (Å²) in [7, 11) is 0. The second kappa shape index (κ2) is 9.51. The van der Waals surface area contributed by atoms with Gasteiger partial charge in [0.2, 0.25) is 11.8 Å². The molecule has 0 aromatic heterocycles. The number of amides is 4. The predicted octanol–water partition coefficient (Wildman–Crippen LogP) is 2.20. The smallest absolute Gasteiger partial charge is 0.261 e. The molecule has 4 amide bonds. The van der Waals surface area contributed by atoms with E-state index in [9.17, 15) is 19.2 Å². The summed E-state index contributed by atoms with van der Waals surface area (Å²) in [5.41, 5.74) is 1.00. The second-order valence-corrected chi connectivity index (χ2v) is 8.90. The molecule has 4 rings (SSSR count). The molecule has 1 heterocycles. The number of hydrogen-bond donors (Lipinski definition) is 2. The third-order valence-electron chi connectivity index (χ3n) is 5.79. The van der Waals surface area contributed by atoms with Crippen LogP contribution < -0.4 is 10.6 Å². The maximum Gasteiger partial charge on any atom is 0.261 e. The molecule has 2 aliphatic rings. The summed E-state index contributed by atoms with van der Waals surface area (Å²) < 4.78 is 0. The van der Waals surface area contributed by atoms with Crippen LogP contribution in [0.25, 0.3) is 10.8 Å². The molecule has 2 N–H and O–H groups in total. The summed E-state index contributed by atoms with van der Waals surface area (Å²) in [5, 5.41) is 7.17. The topological polar surface area (TPSA) is 95.6 Å². The molecule has 1 aliphatic carbocycles. The Hall–Kier alpha value is -2.87. The van der Waals surface area contributed by atoms with Crippen molar-refractivity contribution in [3.05, 3.63) is 47.5 Å².